The lowest BCUT2D eigenvalue weighted by atomic mass is 9.51. The van der Waals surface area contributed by atoms with Gasteiger partial charge in [0, 0.05) is 38.2 Å². The Morgan fingerprint density at radius 3 is 1.67 bits per heavy atom. The number of ether oxygens (including phenoxy) is 2. The number of fused-ring (bicyclic) bond motifs is 2. The van der Waals surface area contributed by atoms with Crippen molar-refractivity contribution in [3.05, 3.63) is 90.3 Å². The topological polar surface area (TPSA) is 138 Å². The zero-order valence-corrected chi connectivity index (χ0v) is 22.0. The number of nitrogens with zero attached hydrogens (tertiary/aromatic N) is 5. The van der Waals surface area contributed by atoms with Gasteiger partial charge < -0.3 is 19.7 Å². The Bertz CT molecular complexity index is 1250. The Morgan fingerprint density at radius 1 is 0.821 bits per heavy atom. The average molecular weight is 534 g/mol. The molecule has 11 heteroatoms. The first-order valence-electron chi connectivity index (χ1n) is 12.5. The summed E-state index contributed by atoms with van der Waals surface area (Å²) in [6, 6.07) is 13.8. The van der Waals surface area contributed by atoms with Crippen molar-refractivity contribution in [1.82, 2.24) is 24.8 Å². The molecule has 4 atom stereocenters. The van der Waals surface area contributed by atoms with Crippen molar-refractivity contribution >= 4 is 11.9 Å². The van der Waals surface area contributed by atoms with Crippen molar-refractivity contribution in [2.45, 2.75) is 24.4 Å². The first kappa shape index (κ1) is 26.8. The van der Waals surface area contributed by atoms with Crippen LogP contribution in [0.2, 0.25) is 0 Å². The van der Waals surface area contributed by atoms with E-state index in [1.807, 2.05) is 17.0 Å². The summed E-state index contributed by atoms with van der Waals surface area (Å²) in [6.07, 6.45) is 4.78. The van der Waals surface area contributed by atoms with Crippen LogP contribution in [0.5, 0.6) is 0 Å². The molecule has 204 valence electrons. The van der Waals surface area contributed by atoms with Gasteiger partial charge in [-0.3, -0.25) is 34.3 Å². The molecule has 0 unspecified atom stereocenters. The van der Waals surface area contributed by atoms with Crippen LogP contribution in [0.1, 0.15) is 29.2 Å². The van der Waals surface area contributed by atoms with E-state index >= 15 is 0 Å². The highest BCUT2D eigenvalue weighted by Crippen LogP contribution is 2.66. The Balaban J connectivity index is 1.84. The number of esters is 2. The minimum atomic E-state index is -2.95. The quantitative estimate of drug-likeness (QED) is 0.348. The van der Waals surface area contributed by atoms with E-state index in [1.165, 1.54) is 14.2 Å². The SMILES string of the molecule is COC(=O)[C@@]12CN(Cc3ccccn3)C[C@@](C(=O)OC)([C@@H](c3ccccn3)N(C)[C@H]1c1ccccn1)C2(O)O. The first-order valence-corrected chi connectivity index (χ1v) is 12.5. The second-order valence-electron chi connectivity index (χ2n) is 10.0. The van der Waals surface area contributed by atoms with Gasteiger partial charge in [0.25, 0.3) is 0 Å². The largest absolute Gasteiger partial charge is 0.468 e. The van der Waals surface area contributed by atoms with Crippen molar-refractivity contribution in [2.24, 2.45) is 10.8 Å². The number of pyridine rings is 3. The number of likely N-dealkylation sites (tertiary alicyclic amines) is 2. The van der Waals surface area contributed by atoms with Crippen molar-refractivity contribution in [2.75, 3.05) is 34.4 Å². The van der Waals surface area contributed by atoms with Crippen LogP contribution in [0.15, 0.2) is 73.2 Å². The molecule has 3 aromatic rings. The second-order valence-corrected chi connectivity index (χ2v) is 10.0. The molecule has 2 aliphatic rings. The van der Waals surface area contributed by atoms with Gasteiger partial charge in [-0.25, -0.2) is 0 Å². The molecule has 2 N–H and O–H groups in total. The Hall–Kier alpha value is -3.77. The number of aromatic nitrogens is 3. The Labute approximate surface area is 226 Å². The number of aliphatic hydroxyl groups is 2. The predicted molar refractivity (Wildman–Crippen MR) is 137 cm³/mol. The summed E-state index contributed by atoms with van der Waals surface area (Å²) in [4.78, 5) is 44.9. The molecule has 2 saturated heterocycles. The fourth-order valence-corrected chi connectivity index (χ4v) is 6.61. The standard InChI is InChI=1S/C28H31N5O6/c1-32-22(20-11-5-8-14-30-20)26(24(34)38-2)17-33(16-19-10-4-7-13-29-19)18-27(25(35)39-3,28(26,36)37)23(32)21-12-6-9-15-31-21/h4-15,22-23,36-37H,16-18H2,1-3H3/t22-,23+,26+,27-. The van der Waals surface area contributed by atoms with Crippen LogP contribution < -0.4 is 0 Å². The maximum absolute atomic E-state index is 13.9. The van der Waals surface area contributed by atoms with Crippen LogP contribution in [-0.4, -0.2) is 87.0 Å². The van der Waals surface area contributed by atoms with Gasteiger partial charge in [0.15, 0.2) is 10.8 Å². The predicted octanol–water partition coefficient (Wildman–Crippen LogP) is 1.11. The molecule has 0 aromatic carbocycles. The van der Waals surface area contributed by atoms with Crippen molar-refractivity contribution in [3.8, 4) is 0 Å². The minimum absolute atomic E-state index is 0.164. The number of hydrogen-bond acceptors (Lipinski definition) is 11. The normalized spacial score (nSPS) is 28.4. The molecular weight excluding hydrogens is 502 g/mol. The van der Waals surface area contributed by atoms with Crippen LogP contribution in [0.25, 0.3) is 0 Å². The molecule has 0 spiro atoms. The Morgan fingerprint density at radius 2 is 1.28 bits per heavy atom. The average Bonchev–Trinajstić information content (AvgIpc) is 2.95. The van der Waals surface area contributed by atoms with Crippen molar-refractivity contribution in [1.29, 1.82) is 0 Å². The van der Waals surface area contributed by atoms with Crippen LogP contribution in [0.4, 0.5) is 0 Å². The number of methoxy groups -OCH3 is 2. The molecule has 2 aliphatic heterocycles. The summed E-state index contributed by atoms with van der Waals surface area (Å²) < 4.78 is 10.6. The van der Waals surface area contributed by atoms with E-state index in [-0.39, 0.29) is 19.6 Å². The lowest BCUT2D eigenvalue weighted by Gasteiger charge is -2.67. The van der Waals surface area contributed by atoms with E-state index in [0.29, 0.717) is 17.1 Å². The lowest BCUT2D eigenvalue weighted by Crippen LogP contribution is -2.83. The summed E-state index contributed by atoms with van der Waals surface area (Å²) in [5, 5.41) is 24.7. The molecule has 0 radical (unpaired) electrons. The third-order valence-corrected chi connectivity index (χ3v) is 8.09. The maximum atomic E-state index is 13.9. The van der Waals surface area contributed by atoms with E-state index in [2.05, 4.69) is 15.0 Å². The van der Waals surface area contributed by atoms with E-state index in [0.717, 1.165) is 0 Å². The van der Waals surface area contributed by atoms with Crippen LogP contribution in [-0.2, 0) is 25.6 Å². The van der Waals surface area contributed by atoms with Crippen molar-refractivity contribution < 1.29 is 29.3 Å². The number of hydrogen-bond donors (Lipinski definition) is 2. The highest BCUT2D eigenvalue weighted by molar-refractivity contribution is 5.87. The first-order chi connectivity index (χ1) is 18.7. The van der Waals surface area contributed by atoms with Crippen LogP contribution >= 0.6 is 0 Å². The van der Waals surface area contributed by atoms with Crippen LogP contribution in [0.3, 0.4) is 0 Å². The maximum Gasteiger partial charge on any atom is 0.320 e. The zero-order chi connectivity index (χ0) is 27.8. The fraction of sp³-hybridized carbons (Fsp3) is 0.393. The summed E-state index contributed by atoms with van der Waals surface area (Å²) >= 11 is 0. The summed E-state index contributed by atoms with van der Waals surface area (Å²) in [7, 11) is 4.09. The second kappa shape index (κ2) is 10.1. The molecule has 5 heterocycles. The molecule has 0 amide bonds. The van der Waals surface area contributed by atoms with Gasteiger partial charge in [-0.1, -0.05) is 18.2 Å². The molecule has 3 aromatic heterocycles. The van der Waals surface area contributed by atoms with E-state index < -0.39 is 40.6 Å². The summed E-state index contributed by atoms with van der Waals surface area (Å²) in [5.41, 5.74) is -2.70. The van der Waals surface area contributed by atoms with Gasteiger partial charge in [0.2, 0.25) is 5.79 Å². The van der Waals surface area contributed by atoms with Crippen LogP contribution in [0, 0.1) is 10.8 Å². The number of carbonyl (C=O) groups excluding carboxylic acids is 2. The van der Waals surface area contributed by atoms with E-state index in [9.17, 15) is 19.8 Å². The molecule has 2 bridgehead atoms. The highest BCUT2D eigenvalue weighted by atomic mass is 16.6. The zero-order valence-electron chi connectivity index (χ0n) is 22.0. The number of piperidine rings is 2. The summed E-state index contributed by atoms with van der Waals surface area (Å²) in [5.74, 6) is -4.74. The van der Waals surface area contributed by atoms with Gasteiger partial charge in [-0.2, -0.15) is 0 Å². The van der Waals surface area contributed by atoms with Gasteiger partial charge >= 0.3 is 11.9 Å². The summed E-state index contributed by atoms with van der Waals surface area (Å²) in [6.45, 7) is -0.104. The number of rotatable bonds is 6. The smallest absolute Gasteiger partial charge is 0.320 e. The third kappa shape index (κ3) is 3.84. The molecule has 5 rings (SSSR count). The lowest BCUT2D eigenvalue weighted by molar-refractivity contribution is -0.376. The number of carbonyl (C=O) groups is 2. The Kier molecular flexibility index (Phi) is 6.93. The monoisotopic (exact) mass is 533 g/mol. The minimum Gasteiger partial charge on any atom is -0.468 e. The molecular formula is C28H31N5O6. The molecule has 0 aliphatic carbocycles. The van der Waals surface area contributed by atoms with Gasteiger partial charge in [0.05, 0.1) is 43.4 Å². The van der Waals surface area contributed by atoms with Crippen molar-refractivity contribution in [3.63, 3.8) is 0 Å². The van der Waals surface area contributed by atoms with E-state index in [4.69, 9.17) is 9.47 Å². The van der Waals surface area contributed by atoms with Gasteiger partial charge in [-0.15, -0.1) is 0 Å². The molecule has 0 saturated carbocycles. The molecule has 39 heavy (non-hydrogen) atoms. The van der Waals surface area contributed by atoms with Gasteiger partial charge in [-0.05, 0) is 43.4 Å². The third-order valence-electron chi connectivity index (χ3n) is 8.09. The highest BCUT2D eigenvalue weighted by Gasteiger charge is 2.82. The molecule has 2 fully saturated rings. The van der Waals surface area contributed by atoms with Gasteiger partial charge in [0.1, 0.15) is 0 Å². The molecule has 11 nitrogen and oxygen atoms in total. The fourth-order valence-electron chi connectivity index (χ4n) is 6.61. The van der Waals surface area contributed by atoms with E-state index in [1.54, 1.807) is 73.0 Å².